The van der Waals surface area contributed by atoms with Gasteiger partial charge in [0.15, 0.2) is 0 Å². The van der Waals surface area contributed by atoms with Crippen molar-refractivity contribution >= 4 is 0 Å². The van der Waals surface area contributed by atoms with Crippen molar-refractivity contribution in [3.05, 3.63) is 94.4 Å². The van der Waals surface area contributed by atoms with Gasteiger partial charge in [-0.3, -0.25) is 0 Å². The van der Waals surface area contributed by atoms with E-state index in [-0.39, 0.29) is 56.3 Å². The Morgan fingerprint density at radius 1 is 0.198 bits per heavy atom. The summed E-state index contributed by atoms with van der Waals surface area (Å²) in [6.45, 7) is 9.49. The summed E-state index contributed by atoms with van der Waals surface area (Å²) >= 11 is 0. The summed E-state index contributed by atoms with van der Waals surface area (Å²) < 4.78 is 57.5. The van der Waals surface area contributed by atoms with Crippen LogP contribution in [0.3, 0.4) is 0 Å². The zero-order chi connectivity index (χ0) is 56.4. The molecule has 9 unspecified atom stereocenters. The van der Waals surface area contributed by atoms with Crippen LogP contribution in [0.1, 0.15) is 116 Å². The van der Waals surface area contributed by atoms with Crippen molar-refractivity contribution in [3.63, 3.8) is 0 Å². The van der Waals surface area contributed by atoms with Crippen LogP contribution in [0.15, 0.2) is 43.2 Å². The number of epoxide rings is 9. The number of nitrogens with zero attached hydrogens (tertiary/aromatic N) is 9. The van der Waals surface area contributed by atoms with Crippen molar-refractivity contribution in [1.82, 2.24) is 41.1 Å². The first-order chi connectivity index (χ1) is 39.4. The van der Waals surface area contributed by atoms with Gasteiger partial charge in [0.25, 0.3) is 0 Å². The molecule has 3 aromatic rings. The van der Waals surface area contributed by atoms with Gasteiger partial charge in [0.2, 0.25) is 0 Å². The molecule has 0 aliphatic carbocycles. The molecule has 81 heavy (non-hydrogen) atoms. The van der Waals surface area contributed by atoms with E-state index in [2.05, 4.69) is 0 Å². The van der Waals surface area contributed by atoms with Crippen LogP contribution in [-0.4, -0.2) is 156 Å². The van der Waals surface area contributed by atoms with Gasteiger partial charge in [-0.15, -0.1) is 0 Å². The molecular weight excluding hydrogens is 1060 g/mol. The van der Waals surface area contributed by atoms with Gasteiger partial charge in [-0.1, -0.05) is 0 Å². The van der Waals surface area contributed by atoms with Crippen LogP contribution in [0.5, 0.6) is 0 Å². The van der Waals surface area contributed by atoms with Crippen molar-refractivity contribution in [3.8, 4) is 0 Å². The highest BCUT2D eigenvalue weighted by Crippen LogP contribution is 2.21. The molecular formula is C54H81N9O18. The molecule has 0 N–H and O–H groups in total. The average molecular weight is 1140 g/mol. The Kier molecular flexibility index (Phi) is 20.4. The monoisotopic (exact) mass is 1140 g/mol. The fourth-order valence-electron chi connectivity index (χ4n) is 10.1. The third-order valence-corrected chi connectivity index (χ3v) is 16.0. The first kappa shape index (κ1) is 59.0. The summed E-state index contributed by atoms with van der Waals surface area (Å²) in [4.78, 5) is 115. The van der Waals surface area contributed by atoms with Gasteiger partial charge in [0.1, 0.15) is 0 Å². The lowest BCUT2D eigenvalue weighted by molar-refractivity contribution is 0.347. The molecule has 9 saturated heterocycles. The first-order valence-electron chi connectivity index (χ1n) is 29.8. The van der Waals surface area contributed by atoms with Crippen LogP contribution in [0.25, 0.3) is 0 Å². The molecule has 0 spiro atoms. The molecule has 3 aromatic heterocycles. The molecule has 12 heterocycles. The SMILES string of the molecule is O=c1n(CCC2CO2)c(=O)n(CCC2CO2)c(=O)n1CCC1CO1.O=c1n(CCCC2CO2)c(=O)n(CCCC2CO2)c(=O)n1CCCC1CO1.O=c1n(CCCCC2CO2)c(=O)n(CCCCC2CO2)c(=O)n1CCCCC1CO1. The van der Waals surface area contributed by atoms with E-state index in [0.29, 0.717) is 116 Å². The predicted molar refractivity (Wildman–Crippen MR) is 288 cm³/mol. The molecule has 9 atom stereocenters. The lowest BCUT2D eigenvalue weighted by atomic mass is 10.2. The summed E-state index contributed by atoms with van der Waals surface area (Å²) in [5.74, 6) is 0. The quantitative estimate of drug-likeness (QED) is 0.0504. The molecule has 9 aliphatic heterocycles. The van der Waals surface area contributed by atoms with Gasteiger partial charge in [-0.25, -0.2) is 84.3 Å². The molecule has 9 aliphatic rings. The fraction of sp³-hybridized carbons (Fsp3) is 0.833. The maximum atomic E-state index is 12.9. The lowest BCUT2D eigenvalue weighted by Gasteiger charge is -2.14. The first-order valence-corrected chi connectivity index (χ1v) is 29.8. The third-order valence-electron chi connectivity index (χ3n) is 16.0. The highest BCUT2D eigenvalue weighted by molar-refractivity contribution is 4.86. The van der Waals surface area contributed by atoms with Gasteiger partial charge in [0.05, 0.1) is 114 Å². The van der Waals surface area contributed by atoms with E-state index in [1.165, 1.54) is 27.4 Å². The van der Waals surface area contributed by atoms with E-state index in [1.807, 2.05) is 0 Å². The van der Waals surface area contributed by atoms with Crippen molar-refractivity contribution in [1.29, 1.82) is 0 Å². The van der Waals surface area contributed by atoms with Crippen LogP contribution in [0, 0.1) is 0 Å². The van der Waals surface area contributed by atoms with Crippen LogP contribution in [-0.2, 0) is 102 Å². The maximum Gasteiger partial charge on any atom is 0.336 e. The molecule has 0 aromatic carbocycles. The second-order valence-corrected chi connectivity index (χ2v) is 22.8. The summed E-state index contributed by atoms with van der Waals surface area (Å²) in [6.07, 6.45) is 16.2. The molecule has 450 valence electrons. The van der Waals surface area contributed by atoms with E-state index in [4.69, 9.17) is 42.6 Å². The maximum absolute atomic E-state index is 12.9. The van der Waals surface area contributed by atoms with E-state index in [9.17, 15) is 43.2 Å². The molecule has 12 rings (SSSR count). The molecule has 0 bridgehead atoms. The number of hydrogen-bond donors (Lipinski definition) is 0. The Balaban J connectivity index is 0.000000137. The molecule has 0 amide bonds. The Bertz CT molecular complexity index is 2730. The standard InChI is InChI=1S/C21H33N3O6.C18H27N3O6.C15H21N3O6/c25-19-22(10-4-1-7-16-13-28-16)20(26)24(12-6-3-9-18-15-30-18)21(27)23(19)11-5-2-8-17-14-29-17;22-16-19(7-1-4-13-10-25-13)17(23)21(9-3-6-15-12-27-15)18(24)20(16)8-2-5-14-11-26-14;19-13-16(4-1-10-7-22-10)14(20)18(6-3-12-9-24-12)15(21)17(13)5-2-11-8-23-11/h16-18H,1-15H2;13-15H,1-12H2;10-12H,1-9H2. The second-order valence-electron chi connectivity index (χ2n) is 22.8. The summed E-state index contributed by atoms with van der Waals surface area (Å²) in [5.41, 5.74) is -4.53. The smallest absolute Gasteiger partial charge is 0.336 e. The number of unbranched alkanes of at least 4 members (excludes halogenated alkanes) is 3. The van der Waals surface area contributed by atoms with Crippen molar-refractivity contribution in [2.45, 2.75) is 229 Å². The Morgan fingerprint density at radius 2 is 0.333 bits per heavy atom. The van der Waals surface area contributed by atoms with Crippen LogP contribution in [0.2, 0.25) is 0 Å². The predicted octanol–water partition coefficient (Wildman–Crippen LogP) is -0.874. The third kappa shape index (κ3) is 18.2. The summed E-state index contributed by atoms with van der Waals surface area (Å²) in [7, 11) is 0. The van der Waals surface area contributed by atoms with E-state index < -0.39 is 51.2 Å². The van der Waals surface area contributed by atoms with E-state index in [0.717, 1.165) is 130 Å². The largest absolute Gasteiger partial charge is 0.373 e. The Morgan fingerprint density at radius 3 is 0.506 bits per heavy atom. The molecule has 0 saturated carbocycles. The lowest BCUT2D eigenvalue weighted by Crippen LogP contribution is -2.54. The Hall–Kier alpha value is -5.13. The van der Waals surface area contributed by atoms with Gasteiger partial charge in [-0.05, 0) is 116 Å². The van der Waals surface area contributed by atoms with Crippen molar-refractivity contribution in [2.24, 2.45) is 0 Å². The van der Waals surface area contributed by atoms with Crippen LogP contribution < -0.4 is 51.2 Å². The van der Waals surface area contributed by atoms with Gasteiger partial charge < -0.3 is 42.6 Å². The highest BCUT2D eigenvalue weighted by Gasteiger charge is 2.30. The Labute approximate surface area is 465 Å². The minimum Gasteiger partial charge on any atom is -0.373 e. The number of aromatic nitrogens is 9. The van der Waals surface area contributed by atoms with Crippen molar-refractivity contribution < 1.29 is 42.6 Å². The molecule has 27 heteroatoms. The number of hydrogen-bond acceptors (Lipinski definition) is 18. The fourth-order valence-corrected chi connectivity index (χ4v) is 10.1. The molecule has 0 radical (unpaired) electrons. The van der Waals surface area contributed by atoms with Crippen LogP contribution in [0.4, 0.5) is 0 Å². The normalized spacial score (nSPS) is 25.6. The highest BCUT2D eigenvalue weighted by atomic mass is 16.6. The second kappa shape index (κ2) is 28.0. The van der Waals surface area contributed by atoms with Crippen LogP contribution >= 0.6 is 0 Å². The molecule has 27 nitrogen and oxygen atoms in total. The zero-order valence-corrected chi connectivity index (χ0v) is 46.5. The average Bonchev–Trinajstić information content (AvgIpc) is 4.38. The van der Waals surface area contributed by atoms with Gasteiger partial charge in [0, 0.05) is 58.9 Å². The van der Waals surface area contributed by atoms with E-state index >= 15 is 0 Å². The topological polar surface area (TPSA) is 311 Å². The number of ether oxygens (including phenoxy) is 9. The van der Waals surface area contributed by atoms with E-state index in [1.54, 1.807) is 0 Å². The summed E-state index contributed by atoms with van der Waals surface area (Å²) in [6, 6.07) is 0. The van der Waals surface area contributed by atoms with Gasteiger partial charge >= 0.3 is 51.2 Å². The van der Waals surface area contributed by atoms with Crippen molar-refractivity contribution in [2.75, 3.05) is 59.5 Å². The summed E-state index contributed by atoms with van der Waals surface area (Å²) in [5, 5.41) is 0. The van der Waals surface area contributed by atoms with Gasteiger partial charge in [-0.2, -0.15) is 0 Å². The minimum absolute atomic E-state index is 0.116. The number of rotatable bonds is 36. The zero-order valence-electron chi connectivity index (χ0n) is 46.5. The molecule has 9 fully saturated rings. The minimum atomic E-state index is -0.537.